The van der Waals surface area contributed by atoms with Crippen molar-refractivity contribution >= 4 is 34.0 Å². The van der Waals surface area contributed by atoms with E-state index < -0.39 is 5.41 Å². The van der Waals surface area contributed by atoms with Gasteiger partial charge in [-0.15, -0.1) is 0 Å². The van der Waals surface area contributed by atoms with Crippen molar-refractivity contribution in [3.8, 4) is 33.4 Å². The largest absolute Gasteiger partial charge is 0.337 e. The molecule has 0 saturated heterocycles. The molecule has 1 aliphatic heterocycles. The minimum Gasteiger partial charge on any atom is -0.337 e. The quantitative estimate of drug-likeness (QED) is 0.173. The molecule has 1 spiro atoms. The van der Waals surface area contributed by atoms with Crippen LogP contribution >= 0.6 is 0 Å². The molecule has 2 nitrogen and oxygen atoms in total. The maximum atomic E-state index is 4.48. The monoisotopic (exact) mass is 754 g/mol. The zero-order chi connectivity index (χ0) is 39.3. The Morgan fingerprint density at radius 3 is 1.64 bits per heavy atom. The number of para-hydroxylation sites is 2. The van der Waals surface area contributed by atoms with Gasteiger partial charge in [0.2, 0.25) is 0 Å². The lowest BCUT2D eigenvalue weighted by atomic mass is 9.70. The third-order valence-corrected chi connectivity index (χ3v) is 12.5. The van der Waals surface area contributed by atoms with E-state index in [-0.39, 0.29) is 0 Å². The number of fused-ring (bicyclic) bond motifs is 11. The van der Waals surface area contributed by atoms with E-state index in [1.165, 1.54) is 61.2 Å². The molecule has 11 rings (SSSR count). The average molecular weight is 755 g/mol. The summed E-state index contributed by atoms with van der Waals surface area (Å²) in [7, 11) is 0. The fourth-order valence-corrected chi connectivity index (χ4v) is 9.96. The summed E-state index contributed by atoms with van der Waals surface area (Å²) in [5.74, 6) is 0. The lowest BCUT2D eigenvalue weighted by molar-refractivity contribution is 0.793. The van der Waals surface area contributed by atoms with Crippen molar-refractivity contribution in [3.63, 3.8) is 0 Å². The van der Waals surface area contributed by atoms with Gasteiger partial charge < -0.3 is 9.80 Å². The van der Waals surface area contributed by atoms with E-state index in [2.05, 4.69) is 235 Å². The topological polar surface area (TPSA) is 6.48 Å². The first-order valence-corrected chi connectivity index (χ1v) is 20.6. The van der Waals surface area contributed by atoms with Crippen LogP contribution in [0.1, 0.15) is 34.2 Å². The van der Waals surface area contributed by atoms with Crippen LogP contribution in [0.3, 0.4) is 0 Å². The normalized spacial score (nSPS) is 15.4. The van der Waals surface area contributed by atoms with Gasteiger partial charge in [-0.1, -0.05) is 176 Å². The van der Waals surface area contributed by atoms with Gasteiger partial charge in [0.15, 0.2) is 0 Å². The highest BCUT2D eigenvalue weighted by atomic mass is 15.2. The molecule has 0 amide bonds. The number of nitrogens with zero attached hydrogens (tertiary/aromatic N) is 2. The summed E-state index contributed by atoms with van der Waals surface area (Å²) in [6.45, 7) is 5.22. The van der Waals surface area contributed by atoms with Gasteiger partial charge in [-0.25, -0.2) is 0 Å². The van der Waals surface area contributed by atoms with Gasteiger partial charge in [0, 0.05) is 40.4 Å². The number of benzene rings is 8. The van der Waals surface area contributed by atoms with Crippen LogP contribution in [0.4, 0.5) is 28.4 Å². The Bertz CT molecular complexity index is 2910. The Balaban J connectivity index is 1.12. The molecule has 8 aromatic carbocycles. The number of anilines is 5. The maximum Gasteiger partial charge on any atom is 0.0726 e. The van der Waals surface area contributed by atoms with E-state index in [0.29, 0.717) is 0 Å². The molecule has 0 unspecified atom stereocenters. The van der Waals surface area contributed by atoms with E-state index in [0.717, 1.165) is 47.0 Å². The summed E-state index contributed by atoms with van der Waals surface area (Å²) in [6.07, 6.45) is 9.50. The van der Waals surface area contributed by atoms with E-state index in [1.807, 2.05) is 0 Å². The van der Waals surface area contributed by atoms with Crippen molar-refractivity contribution in [1.82, 2.24) is 0 Å². The fourth-order valence-electron chi connectivity index (χ4n) is 9.96. The van der Waals surface area contributed by atoms with Crippen LogP contribution in [0.2, 0.25) is 0 Å². The fraction of sp³-hybridized carbons (Fsp3) is 0.0526. The predicted molar refractivity (Wildman–Crippen MR) is 248 cm³/mol. The maximum absolute atomic E-state index is 4.48. The smallest absolute Gasteiger partial charge is 0.0726 e. The number of allylic oxidation sites excluding steroid dienone is 4. The Morgan fingerprint density at radius 1 is 0.441 bits per heavy atom. The number of rotatable bonds is 5. The van der Waals surface area contributed by atoms with Crippen molar-refractivity contribution in [2.45, 2.75) is 11.8 Å². The standard InChI is InChI=1S/C57H42N2/c1-40-19-5-2-3-18-38-58(55-30-16-11-22-45(40)55)42-32-34-43(35-33-42)59(56-31-17-12-23-46(56)41-20-6-4-7-21-41)44-36-37-50-49-26-10-15-29-53(49)57(54(50)39-44)51-27-13-8-24-47(51)48-25-9-14-28-52(48)57/h2-18,20-37,39H,1,19,38H2/b5-2-,18-3-. The molecule has 0 radical (unpaired) electrons. The Hall–Kier alpha value is -7.42. The molecule has 2 aliphatic carbocycles. The van der Waals surface area contributed by atoms with E-state index in [9.17, 15) is 0 Å². The first kappa shape index (κ1) is 34.8. The van der Waals surface area contributed by atoms with Crippen LogP contribution in [-0.2, 0) is 5.41 Å². The van der Waals surface area contributed by atoms with Crippen molar-refractivity contribution < 1.29 is 0 Å². The molecular formula is C57H42N2. The van der Waals surface area contributed by atoms with Crippen LogP contribution in [-0.4, -0.2) is 6.54 Å². The van der Waals surface area contributed by atoms with Gasteiger partial charge in [-0.05, 0) is 111 Å². The third kappa shape index (κ3) is 5.48. The SMILES string of the molecule is C=C1C/C=C\C=C/CN(c2ccc(N(c3ccc4c(c3)C3(c5ccccc5-c5ccccc53)c3ccccc3-4)c3ccccc3-c3ccccc3)cc2)c2ccccc21. The summed E-state index contributed by atoms with van der Waals surface area (Å²) in [6, 6.07) is 71.6. The lowest BCUT2D eigenvalue weighted by Crippen LogP contribution is -2.26. The molecule has 1 heterocycles. The second-order valence-electron chi connectivity index (χ2n) is 15.6. The molecule has 0 fully saturated rings. The second-order valence-corrected chi connectivity index (χ2v) is 15.6. The zero-order valence-corrected chi connectivity index (χ0v) is 32.8. The van der Waals surface area contributed by atoms with Gasteiger partial charge in [-0.3, -0.25) is 0 Å². The summed E-state index contributed by atoms with van der Waals surface area (Å²) in [4.78, 5) is 4.85. The molecule has 0 saturated carbocycles. The molecule has 2 heteroatoms. The van der Waals surface area contributed by atoms with E-state index in [4.69, 9.17) is 0 Å². The van der Waals surface area contributed by atoms with Crippen molar-refractivity contribution in [1.29, 1.82) is 0 Å². The van der Waals surface area contributed by atoms with Crippen LogP contribution in [0.25, 0.3) is 39.0 Å². The number of hydrogen-bond donors (Lipinski definition) is 0. The van der Waals surface area contributed by atoms with Gasteiger partial charge in [0.25, 0.3) is 0 Å². The molecule has 0 N–H and O–H groups in total. The predicted octanol–water partition coefficient (Wildman–Crippen LogP) is 14.8. The summed E-state index contributed by atoms with van der Waals surface area (Å²) >= 11 is 0. The first-order chi connectivity index (χ1) is 29.2. The molecule has 3 aliphatic rings. The summed E-state index contributed by atoms with van der Waals surface area (Å²) < 4.78 is 0. The highest BCUT2D eigenvalue weighted by Gasteiger charge is 2.51. The van der Waals surface area contributed by atoms with Crippen LogP contribution < -0.4 is 9.80 Å². The van der Waals surface area contributed by atoms with Gasteiger partial charge in [0.1, 0.15) is 0 Å². The van der Waals surface area contributed by atoms with E-state index in [1.54, 1.807) is 0 Å². The number of hydrogen-bond acceptors (Lipinski definition) is 2. The second kappa shape index (κ2) is 14.2. The summed E-state index contributed by atoms with van der Waals surface area (Å²) in [5, 5.41) is 0. The van der Waals surface area contributed by atoms with Crippen LogP contribution in [0.15, 0.2) is 225 Å². The zero-order valence-electron chi connectivity index (χ0n) is 32.8. The van der Waals surface area contributed by atoms with Crippen molar-refractivity contribution in [2.75, 3.05) is 16.3 Å². The van der Waals surface area contributed by atoms with Gasteiger partial charge >= 0.3 is 0 Å². The van der Waals surface area contributed by atoms with Crippen LogP contribution in [0, 0.1) is 0 Å². The van der Waals surface area contributed by atoms with Gasteiger partial charge in [0.05, 0.1) is 11.1 Å². The molecule has 8 aromatic rings. The third-order valence-electron chi connectivity index (χ3n) is 12.5. The molecule has 59 heavy (non-hydrogen) atoms. The van der Waals surface area contributed by atoms with Crippen LogP contribution in [0.5, 0.6) is 0 Å². The van der Waals surface area contributed by atoms with Crippen molar-refractivity contribution in [3.05, 3.63) is 253 Å². The minimum atomic E-state index is -0.438. The molecule has 0 bridgehead atoms. The van der Waals surface area contributed by atoms with Gasteiger partial charge in [-0.2, -0.15) is 0 Å². The van der Waals surface area contributed by atoms with Crippen molar-refractivity contribution in [2.24, 2.45) is 0 Å². The highest BCUT2D eigenvalue weighted by Crippen LogP contribution is 2.63. The average Bonchev–Trinajstić information content (AvgIpc) is 3.77. The first-order valence-electron chi connectivity index (χ1n) is 20.6. The minimum absolute atomic E-state index is 0.438. The Morgan fingerprint density at radius 2 is 0.966 bits per heavy atom. The molecular weight excluding hydrogens is 713 g/mol. The molecule has 0 aromatic heterocycles. The highest BCUT2D eigenvalue weighted by molar-refractivity contribution is 5.97. The van der Waals surface area contributed by atoms with E-state index >= 15 is 0 Å². The molecule has 280 valence electrons. The Kier molecular flexibility index (Phi) is 8.37. The summed E-state index contributed by atoms with van der Waals surface area (Å²) in [5.41, 5.74) is 20.4. The Labute approximate surface area is 347 Å². The lowest BCUT2D eigenvalue weighted by Gasteiger charge is -2.33. The molecule has 0 atom stereocenters.